The number of nitrogens with zero attached hydrogens (tertiary/aromatic N) is 3. The molecule has 0 radical (unpaired) electrons. The van der Waals surface area contributed by atoms with Crippen LogP contribution in [0.2, 0.25) is 0 Å². The normalized spacial score (nSPS) is 24.9. The third kappa shape index (κ3) is 4.67. The van der Waals surface area contributed by atoms with Crippen LogP contribution in [0.4, 0.5) is 0 Å². The van der Waals surface area contributed by atoms with Crippen LogP contribution in [0.15, 0.2) is 16.1 Å². The summed E-state index contributed by atoms with van der Waals surface area (Å²) in [5.41, 5.74) is 7.84. The van der Waals surface area contributed by atoms with Crippen molar-refractivity contribution in [1.29, 1.82) is 0 Å². The first-order valence-electron chi connectivity index (χ1n) is 13.1. The Bertz CT molecular complexity index is 1200. The lowest BCUT2D eigenvalue weighted by Crippen LogP contribution is -2.45. The van der Waals surface area contributed by atoms with E-state index >= 15 is 0 Å². The number of carbonyl (C=O) groups is 1. The number of ketones is 1. The summed E-state index contributed by atoms with van der Waals surface area (Å²) in [6.07, 6.45) is 6.87. The van der Waals surface area contributed by atoms with E-state index in [0.29, 0.717) is 43.0 Å². The van der Waals surface area contributed by atoms with E-state index in [4.69, 9.17) is 19.9 Å². The smallest absolute Gasteiger partial charge is 0.325 e. The van der Waals surface area contributed by atoms with Crippen LogP contribution in [0.1, 0.15) is 68.9 Å². The van der Waals surface area contributed by atoms with E-state index in [2.05, 4.69) is 31.9 Å². The van der Waals surface area contributed by atoms with Gasteiger partial charge < -0.3 is 24.8 Å². The molecule has 1 aliphatic carbocycles. The highest BCUT2D eigenvalue weighted by Gasteiger charge is 2.48. The molecule has 2 atom stereocenters. The van der Waals surface area contributed by atoms with Crippen LogP contribution in [0.3, 0.4) is 0 Å². The maximum Gasteiger partial charge on any atom is 0.325 e. The number of likely N-dealkylation sites (tertiary alicyclic amines) is 1. The number of carbonyl (C=O) groups excluding carboxylic acids is 1. The number of nitrogens with two attached hydrogens (primary N) is 1. The maximum absolute atomic E-state index is 13.8. The quantitative estimate of drug-likeness (QED) is 0.366. The average molecular weight is 501 g/mol. The molecule has 11 nitrogen and oxygen atoms in total. The summed E-state index contributed by atoms with van der Waals surface area (Å²) in [5.74, 6) is -1.19. The molecule has 0 aromatic carbocycles. The van der Waals surface area contributed by atoms with Gasteiger partial charge in [0.05, 0.1) is 19.1 Å². The van der Waals surface area contributed by atoms with Crippen LogP contribution >= 0.6 is 0 Å². The lowest BCUT2D eigenvalue weighted by Gasteiger charge is -2.40. The van der Waals surface area contributed by atoms with Gasteiger partial charge >= 0.3 is 5.69 Å². The SMILES string of the molecule is CCC/C(C(=O)c1nc(OC[C@@H]2CCCN2C)c2[nH]c(=O)[nH]c2n1)=C(/N)[C@H]1CCCCC12OCCO2. The molecule has 0 unspecified atom stereocenters. The number of allylic oxidation sites excluding steroid dienone is 1. The minimum atomic E-state index is -0.764. The number of likely N-dealkylation sites (N-methyl/N-ethyl adjacent to an activating group) is 1. The molecular formula is C25H36N6O5. The molecular weight excluding hydrogens is 464 g/mol. The van der Waals surface area contributed by atoms with Crippen molar-refractivity contribution < 1.29 is 19.0 Å². The van der Waals surface area contributed by atoms with Gasteiger partial charge in [0.1, 0.15) is 12.1 Å². The molecule has 11 heteroatoms. The van der Waals surface area contributed by atoms with Crippen molar-refractivity contribution in [3.05, 3.63) is 27.6 Å². The van der Waals surface area contributed by atoms with Gasteiger partial charge in [0, 0.05) is 23.7 Å². The predicted molar refractivity (Wildman–Crippen MR) is 133 cm³/mol. The van der Waals surface area contributed by atoms with Gasteiger partial charge in [-0.1, -0.05) is 19.8 Å². The number of nitrogens with one attached hydrogen (secondary N) is 2. The van der Waals surface area contributed by atoms with Gasteiger partial charge in [0.25, 0.3) is 0 Å². The van der Waals surface area contributed by atoms with E-state index in [0.717, 1.165) is 51.5 Å². The average Bonchev–Trinajstić information content (AvgIpc) is 3.60. The Morgan fingerprint density at radius 1 is 1.19 bits per heavy atom. The Morgan fingerprint density at radius 3 is 2.72 bits per heavy atom. The summed E-state index contributed by atoms with van der Waals surface area (Å²) in [5, 5.41) is 0. The number of imidazole rings is 1. The van der Waals surface area contributed by atoms with Crippen LogP contribution in [0, 0.1) is 5.92 Å². The number of Topliss-reactive ketones (excluding diaryl/α,β-unsaturated/α-hetero) is 1. The lowest BCUT2D eigenvalue weighted by molar-refractivity contribution is -0.203. The standard InChI is InChI=1S/C25H36N6O5/c1-3-7-16(18(26)17-9-4-5-10-25(17)35-12-13-36-25)20(32)22-28-21-19(27-24(33)30-21)23(29-22)34-14-15-8-6-11-31(15)2/h15,17H,3-14,26H2,1-2H3,(H2,27,28,29,30,33)/b18-16-/t15-,17+/m0/s1. The third-order valence-corrected chi connectivity index (χ3v) is 7.71. The van der Waals surface area contributed by atoms with E-state index in [-0.39, 0.29) is 35.1 Å². The van der Waals surface area contributed by atoms with Crippen molar-refractivity contribution in [2.45, 2.75) is 70.1 Å². The molecule has 2 aromatic heterocycles. The molecule has 196 valence electrons. The predicted octanol–water partition coefficient (Wildman–Crippen LogP) is 2.25. The van der Waals surface area contributed by atoms with Gasteiger partial charge in [-0.3, -0.25) is 14.8 Å². The Labute approximate surface area is 209 Å². The van der Waals surface area contributed by atoms with Crippen molar-refractivity contribution >= 4 is 16.9 Å². The minimum Gasteiger partial charge on any atom is -0.474 e. The maximum atomic E-state index is 13.8. The number of fused-ring (bicyclic) bond motifs is 1. The van der Waals surface area contributed by atoms with Crippen LogP contribution in [0.25, 0.3) is 11.2 Å². The van der Waals surface area contributed by atoms with Crippen LogP contribution in [0.5, 0.6) is 5.88 Å². The van der Waals surface area contributed by atoms with Gasteiger partial charge in [-0.05, 0) is 45.7 Å². The molecule has 2 aliphatic heterocycles. The molecule has 1 saturated carbocycles. The van der Waals surface area contributed by atoms with E-state index < -0.39 is 11.5 Å². The largest absolute Gasteiger partial charge is 0.474 e. The van der Waals surface area contributed by atoms with Crippen LogP contribution in [-0.4, -0.2) is 75.9 Å². The van der Waals surface area contributed by atoms with Gasteiger partial charge in [-0.15, -0.1) is 0 Å². The second-order valence-electron chi connectivity index (χ2n) is 10.1. The molecule has 2 aromatic rings. The highest BCUT2D eigenvalue weighted by molar-refractivity contribution is 6.07. The van der Waals surface area contributed by atoms with Crippen molar-refractivity contribution in [1.82, 2.24) is 24.8 Å². The minimum absolute atomic E-state index is 0.0444. The Morgan fingerprint density at radius 2 is 2.00 bits per heavy atom. The monoisotopic (exact) mass is 500 g/mol. The number of hydrogen-bond donors (Lipinski definition) is 3. The van der Waals surface area contributed by atoms with Crippen LogP contribution in [-0.2, 0) is 9.47 Å². The first-order valence-corrected chi connectivity index (χ1v) is 13.1. The summed E-state index contributed by atoms with van der Waals surface area (Å²) >= 11 is 0. The molecule has 36 heavy (non-hydrogen) atoms. The third-order valence-electron chi connectivity index (χ3n) is 7.71. The molecule has 1 spiro atoms. The zero-order valence-electron chi connectivity index (χ0n) is 21.1. The summed E-state index contributed by atoms with van der Waals surface area (Å²) in [6, 6.07) is 0.250. The second kappa shape index (κ2) is 10.3. The first-order chi connectivity index (χ1) is 17.4. The molecule has 4 heterocycles. The molecule has 3 fully saturated rings. The fourth-order valence-corrected chi connectivity index (χ4v) is 5.77. The second-order valence-corrected chi connectivity index (χ2v) is 10.1. The number of H-pyrrole nitrogens is 2. The Kier molecular flexibility index (Phi) is 7.14. The molecule has 4 N–H and O–H groups in total. The number of ether oxygens (including phenoxy) is 3. The summed E-state index contributed by atoms with van der Waals surface area (Å²) in [4.78, 5) is 42.3. The van der Waals surface area contributed by atoms with E-state index in [1.165, 1.54) is 0 Å². The van der Waals surface area contributed by atoms with Crippen LogP contribution < -0.4 is 16.2 Å². The Balaban J connectivity index is 1.50. The van der Waals surface area contributed by atoms with Crippen molar-refractivity contribution in [2.75, 3.05) is 33.4 Å². The van der Waals surface area contributed by atoms with Crippen molar-refractivity contribution in [3.63, 3.8) is 0 Å². The van der Waals surface area contributed by atoms with Gasteiger partial charge in [-0.2, -0.15) is 4.98 Å². The number of hydrogen-bond acceptors (Lipinski definition) is 9. The van der Waals surface area contributed by atoms with E-state index in [1.807, 2.05) is 6.92 Å². The van der Waals surface area contributed by atoms with E-state index in [1.54, 1.807) is 0 Å². The molecule has 5 rings (SSSR count). The van der Waals surface area contributed by atoms with Gasteiger partial charge in [0.15, 0.2) is 11.4 Å². The molecule has 0 bridgehead atoms. The topological polar surface area (TPSA) is 148 Å². The van der Waals surface area contributed by atoms with Gasteiger partial charge in [-0.25, -0.2) is 9.78 Å². The fourth-order valence-electron chi connectivity index (χ4n) is 5.77. The summed E-state index contributed by atoms with van der Waals surface area (Å²) in [7, 11) is 2.06. The fraction of sp³-hybridized carbons (Fsp3) is 0.680. The summed E-state index contributed by atoms with van der Waals surface area (Å²) < 4.78 is 18.2. The van der Waals surface area contributed by atoms with Crippen molar-refractivity contribution in [2.24, 2.45) is 11.7 Å². The first kappa shape index (κ1) is 24.9. The van der Waals surface area contributed by atoms with Gasteiger partial charge in [0.2, 0.25) is 17.5 Å². The van der Waals surface area contributed by atoms with Crippen molar-refractivity contribution in [3.8, 4) is 5.88 Å². The number of aromatic amines is 2. The van der Waals surface area contributed by atoms with E-state index in [9.17, 15) is 9.59 Å². The molecule has 2 saturated heterocycles. The summed E-state index contributed by atoms with van der Waals surface area (Å²) in [6.45, 7) is 4.47. The highest BCUT2D eigenvalue weighted by atomic mass is 16.7. The number of rotatable bonds is 8. The highest BCUT2D eigenvalue weighted by Crippen LogP contribution is 2.44. The zero-order valence-corrected chi connectivity index (χ0v) is 21.1. The zero-order chi connectivity index (χ0) is 25.3. The molecule has 0 amide bonds. The lowest BCUT2D eigenvalue weighted by atomic mass is 9.79. The molecule has 3 aliphatic rings. The number of aromatic nitrogens is 4. The Hall–Kier alpha value is -2.76.